The van der Waals surface area contributed by atoms with Crippen molar-refractivity contribution in [2.75, 3.05) is 6.54 Å². The van der Waals surface area contributed by atoms with Gasteiger partial charge in [-0.15, -0.1) is 0 Å². The Hall–Kier alpha value is -1.31. The minimum Gasteiger partial charge on any atom is -0.356 e. The molecule has 0 aliphatic carbocycles. The molecule has 1 heterocycles. The lowest BCUT2D eigenvalue weighted by Gasteiger charge is -2.10. The Morgan fingerprint density at radius 2 is 2.20 bits per heavy atom. The molecule has 2 nitrogen and oxygen atoms in total. The first kappa shape index (κ1) is 10.2. The topological polar surface area (TPSA) is 29.1 Å². The molecule has 0 bridgehead atoms. The predicted octanol–water partition coefficient (Wildman–Crippen LogP) is 1.98. The summed E-state index contributed by atoms with van der Waals surface area (Å²) in [6.45, 7) is 5.05. The highest BCUT2D eigenvalue weighted by Crippen LogP contribution is 2.19. The lowest BCUT2D eigenvalue weighted by Crippen LogP contribution is -2.20. The minimum absolute atomic E-state index is 0.186. The van der Waals surface area contributed by atoms with Gasteiger partial charge in [-0.1, -0.05) is 23.8 Å². The zero-order chi connectivity index (χ0) is 10.8. The smallest absolute Gasteiger partial charge is 0.223 e. The van der Waals surface area contributed by atoms with E-state index in [0.717, 1.165) is 19.4 Å². The van der Waals surface area contributed by atoms with Crippen LogP contribution in [0.4, 0.5) is 0 Å². The Balaban J connectivity index is 2.16. The van der Waals surface area contributed by atoms with Crippen LogP contribution >= 0.6 is 0 Å². The molecule has 15 heavy (non-hydrogen) atoms. The number of aryl methyl sites for hydroxylation is 2. The molecule has 1 amide bonds. The van der Waals surface area contributed by atoms with Crippen molar-refractivity contribution in [1.82, 2.24) is 5.32 Å². The van der Waals surface area contributed by atoms with Crippen molar-refractivity contribution in [1.29, 1.82) is 0 Å². The number of hydrogen-bond acceptors (Lipinski definition) is 1. The number of carbonyl (C=O) groups is 1. The average Bonchev–Trinajstić information content (AvgIpc) is 2.58. The monoisotopic (exact) mass is 203 g/mol. The molecule has 1 aromatic carbocycles. The van der Waals surface area contributed by atoms with Gasteiger partial charge < -0.3 is 5.32 Å². The summed E-state index contributed by atoms with van der Waals surface area (Å²) in [5, 5.41) is 2.88. The molecule has 0 aromatic heterocycles. The third kappa shape index (κ3) is 2.20. The van der Waals surface area contributed by atoms with Crippen LogP contribution in [0.5, 0.6) is 0 Å². The lowest BCUT2D eigenvalue weighted by molar-refractivity contribution is -0.122. The number of amides is 1. The maximum atomic E-state index is 11.5. The second kappa shape index (κ2) is 4.05. The number of carbonyl (C=O) groups excluding carboxylic acids is 1. The van der Waals surface area contributed by atoms with E-state index in [1.165, 1.54) is 16.7 Å². The molecule has 1 aliphatic rings. The molecule has 1 aliphatic heterocycles. The molecule has 80 valence electrons. The summed E-state index contributed by atoms with van der Waals surface area (Å²) in [6, 6.07) is 6.45. The molecule has 1 fully saturated rings. The zero-order valence-electron chi connectivity index (χ0n) is 9.34. The molecular formula is C13H17NO. The van der Waals surface area contributed by atoms with E-state index in [0.29, 0.717) is 0 Å². The summed E-state index contributed by atoms with van der Waals surface area (Å²) in [4.78, 5) is 11.5. The van der Waals surface area contributed by atoms with Gasteiger partial charge in [-0.25, -0.2) is 0 Å². The molecular weight excluding hydrogens is 186 g/mol. The maximum Gasteiger partial charge on any atom is 0.223 e. The second-order valence-corrected chi connectivity index (χ2v) is 4.41. The molecule has 1 saturated heterocycles. The van der Waals surface area contributed by atoms with E-state index >= 15 is 0 Å². The number of hydrogen-bond donors (Lipinski definition) is 1. The fraction of sp³-hybridized carbons (Fsp3) is 0.462. The van der Waals surface area contributed by atoms with Crippen LogP contribution in [0.1, 0.15) is 23.1 Å². The lowest BCUT2D eigenvalue weighted by atomic mass is 9.94. The van der Waals surface area contributed by atoms with Crippen LogP contribution < -0.4 is 5.32 Å². The van der Waals surface area contributed by atoms with Gasteiger partial charge in [0.25, 0.3) is 0 Å². The fourth-order valence-corrected chi connectivity index (χ4v) is 2.13. The number of nitrogens with one attached hydrogen (secondary N) is 1. The first-order valence-corrected chi connectivity index (χ1v) is 5.50. The van der Waals surface area contributed by atoms with Gasteiger partial charge in [-0.2, -0.15) is 0 Å². The third-order valence-electron chi connectivity index (χ3n) is 3.13. The molecule has 1 N–H and O–H groups in total. The third-order valence-corrected chi connectivity index (χ3v) is 3.13. The van der Waals surface area contributed by atoms with Crippen LogP contribution in [-0.2, 0) is 11.2 Å². The molecule has 0 radical (unpaired) electrons. The Morgan fingerprint density at radius 3 is 2.87 bits per heavy atom. The highest BCUT2D eigenvalue weighted by atomic mass is 16.2. The molecule has 2 rings (SSSR count). The number of rotatable bonds is 2. The van der Waals surface area contributed by atoms with Crippen LogP contribution in [0.25, 0.3) is 0 Å². The van der Waals surface area contributed by atoms with Crippen molar-refractivity contribution >= 4 is 5.91 Å². The summed E-state index contributed by atoms with van der Waals surface area (Å²) in [5.74, 6) is 0.404. The summed E-state index contributed by atoms with van der Waals surface area (Å²) >= 11 is 0. The largest absolute Gasteiger partial charge is 0.356 e. The van der Waals surface area contributed by atoms with Crippen molar-refractivity contribution in [3.05, 3.63) is 34.9 Å². The quantitative estimate of drug-likeness (QED) is 0.782. The van der Waals surface area contributed by atoms with Crippen LogP contribution in [0.15, 0.2) is 18.2 Å². The van der Waals surface area contributed by atoms with E-state index in [9.17, 15) is 4.79 Å². The van der Waals surface area contributed by atoms with Crippen LogP contribution in [0.2, 0.25) is 0 Å². The molecule has 1 unspecified atom stereocenters. The maximum absolute atomic E-state index is 11.5. The zero-order valence-corrected chi connectivity index (χ0v) is 9.34. The van der Waals surface area contributed by atoms with E-state index in [1.54, 1.807) is 0 Å². The van der Waals surface area contributed by atoms with Gasteiger partial charge in [0, 0.05) is 12.5 Å². The van der Waals surface area contributed by atoms with E-state index in [4.69, 9.17) is 0 Å². The highest BCUT2D eigenvalue weighted by Gasteiger charge is 2.24. The Morgan fingerprint density at radius 1 is 1.40 bits per heavy atom. The van der Waals surface area contributed by atoms with E-state index in [1.807, 2.05) is 0 Å². The summed E-state index contributed by atoms with van der Waals surface area (Å²) in [7, 11) is 0. The molecule has 1 atom stereocenters. The normalized spacial score (nSPS) is 20.4. The van der Waals surface area contributed by atoms with Crippen molar-refractivity contribution < 1.29 is 4.79 Å². The number of benzene rings is 1. The van der Waals surface area contributed by atoms with Crippen LogP contribution in [0, 0.1) is 19.8 Å². The predicted molar refractivity (Wildman–Crippen MR) is 60.7 cm³/mol. The van der Waals surface area contributed by atoms with Crippen molar-refractivity contribution in [3.63, 3.8) is 0 Å². The fourth-order valence-electron chi connectivity index (χ4n) is 2.13. The van der Waals surface area contributed by atoms with E-state index < -0.39 is 0 Å². The van der Waals surface area contributed by atoms with E-state index in [2.05, 4.69) is 37.4 Å². The summed E-state index contributed by atoms with van der Waals surface area (Å²) in [5.41, 5.74) is 3.88. The van der Waals surface area contributed by atoms with Gasteiger partial charge in [0.05, 0.1) is 0 Å². The molecule has 0 saturated carbocycles. The Bertz CT molecular complexity index is 384. The minimum atomic E-state index is 0.186. The van der Waals surface area contributed by atoms with E-state index in [-0.39, 0.29) is 11.8 Å². The summed E-state index contributed by atoms with van der Waals surface area (Å²) in [6.07, 6.45) is 1.87. The van der Waals surface area contributed by atoms with Gasteiger partial charge in [0.1, 0.15) is 0 Å². The first-order valence-electron chi connectivity index (χ1n) is 5.50. The van der Waals surface area contributed by atoms with Gasteiger partial charge in [0.2, 0.25) is 5.91 Å². The van der Waals surface area contributed by atoms with Gasteiger partial charge in [-0.05, 0) is 37.8 Å². The standard InChI is InChI=1S/C13H17NO/c1-9-3-4-10(2)12(7-9)8-11-5-6-14-13(11)15/h3-4,7,11H,5-6,8H2,1-2H3,(H,14,15). The van der Waals surface area contributed by atoms with Gasteiger partial charge in [0.15, 0.2) is 0 Å². The van der Waals surface area contributed by atoms with Crippen LogP contribution in [-0.4, -0.2) is 12.5 Å². The molecule has 0 spiro atoms. The van der Waals surface area contributed by atoms with Gasteiger partial charge in [-0.3, -0.25) is 4.79 Å². The average molecular weight is 203 g/mol. The second-order valence-electron chi connectivity index (χ2n) is 4.41. The first-order chi connectivity index (χ1) is 7.16. The van der Waals surface area contributed by atoms with Crippen molar-refractivity contribution in [2.45, 2.75) is 26.7 Å². The molecule has 2 heteroatoms. The Labute approximate surface area is 90.7 Å². The van der Waals surface area contributed by atoms with Crippen molar-refractivity contribution in [3.8, 4) is 0 Å². The molecule has 1 aromatic rings. The van der Waals surface area contributed by atoms with Gasteiger partial charge >= 0.3 is 0 Å². The van der Waals surface area contributed by atoms with Crippen molar-refractivity contribution in [2.24, 2.45) is 5.92 Å². The highest BCUT2D eigenvalue weighted by molar-refractivity contribution is 5.80. The van der Waals surface area contributed by atoms with Crippen LogP contribution in [0.3, 0.4) is 0 Å². The SMILES string of the molecule is Cc1ccc(C)c(CC2CCNC2=O)c1. The summed E-state index contributed by atoms with van der Waals surface area (Å²) < 4.78 is 0. The Kier molecular flexibility index (Phi) is 2.76.